The highest BCUT2D eigenvalue weighted by Crippen LogP contribution is 2.34. The van der Waals surface area contributed by atoms with E-state index in [9.17, 15) is 22.8 Å². The normalized spacial score (nSPS) is 11.4. The summed E-state index contributed by atoms with van der Waals surface area (Å²) >= 11 is 1.23. The smallest absolute Gasteiger partial charge is 0.333 e. The predicted octanol–water partition coefficient (Wildman–Crippen LogP) is 5.09. The van der Waals surface area contributed by atoms with Crippen molar-refractivity contribution in [1.29, 1.82) is 0 Å². The van der Waals surface area contributed by atoms with E-state index in [0.717, 1.165) is 22.9 Å². The number of para-hydroxylation sites is 1. The molecule has 1 N–H and O–H groups in total. The molecule has 0 bridgehead atoms. The lowest BCUT2D eigenvalue weighted by Gasteiger charge is -2.21. The van der Waals surface area contributed by atoms with Crippen molar-refractivity contribution in [3.05, 3.63) is 71.5 Å². The molecule has 0 saturated heterocycles. The molecule has 0 fully saturated rings. The van der Waals surface area contributed by atoms with Crippen LogP contribution in [-0.2, 0) is 15.8 Å². The van der Waals surface area contributed by atoms with Crippen LogP contribution in [0.1, 0.15) is 23.6 Å². The van der Waals surface area contributed by atoms with Crippen molar-refractivity contribution in [3.63, 3.8) is 0 Å². The summed E-state index contributed by atoms with van der Waals surface area (Å²) in [5.41, 5.74) is 1.91. The number of imidazole rings is 1. The number of aromatic nitrogens is 2. The Hall–Kier alpha value is -3.27. The van der Waals surface area contributed by atoms with Crippen LogP contribution in [0.5, 0.6) is 0 Å². The Bertz CT molecular complexity index is 1180. The summed E-state index contributed by atoms with van der Waals surface area (Å²) in [6.07, 6.45) is -1.13. The number of carbonyl (C=O) groups excluding carboxylic acids is 2. The van der Waals surface area contributed by atoms with Crippen LogP contribution in [0, 0.1) is 13.8 Å². The van der Waals surface area contributed by atoms with Crippen LogP contribution in [0.4, 0.5) is 18.9 Å². The number of anilines is 1. The van der Waals surface area contributed by atoms with Crippen LogP contribution in [0.25, 0.3) is 5.69 Å². The van der Waals surface area contributed by atoms with Crippen LogP contribution in [0.2, 0.25) is 0 Å². The SMILES string of the molecule is CCN(CC(=O)Nc1ccccc1C(F)(F)F)C(=O)CSc1nccn1-c1cccc(C)c1C. The molecule has 10 heteroatoms. The molecule has 0 aliphatic rings. The van der Waals surface area contributed by atoms with E-state index >= 15 is 0 Å². The fraction of sp³-hybridized carbons (Fsp3) is 0.292. The summed E-state index contributed by atoms with van der Waals surface area (Å²) in [5, 5.41) is 2.90. The number of likely N-dealkylation sites (N-methyl/N-ethyl adjacent to an activating group) is 1. The summed E-state index contributed by atoms with van der Waals surface area (Å²) in [6.45, 7) is 5.62. The Kier molecular flexibility index (Phi) is 8.03. The van der Waals surface area contributed by atoms with Gasteiger partial charge in [0, 0.05) is 18.9 Å². The quantitative estimate of drug-likeness (QED) is 0.447. The topological polar surface area (TPSA) is 67.2 Å². The summed E-state index contributed by atoms with van der Waals surface area (Å²) in [7, 11) is 0. The van der Waals surface area contributed by atoms with E-state index in [1.54, 1.807) is 13.1 Å². The minimum absolute atomic E-state index is 0.0299. The van der Waals surface area contributed by atoms with Gasteiger partial charge < -0.3 is 10.2 Å². The summed E-state index contributed by atoms with van der Waals surface area (Å²) in [5.74, 6) is -0.988. The number of carbonyl (C=O) groups is 2. The second-order valence-electron chi connectivity index (χ2n) is 7.59. The van der Waals surface area contributed by atoms with Crippen molar-refractivity contribution in [2.45, 2.75) is 32.1 Å². The zero-order valence-corrected chi connectivity index (χ0v) is 19.8. The molecular weight excluding hydrogens is 465 g/mol. The van der Waals surface area contributed by atoms with Crippen molar-refractivity contribution in [2.24, 2.45) is 0 Å². The van der Waals surface area contributed by atoms with Gasteiger partial charge >= 0.3 is 6.18 Å². The highest BCUT2D eigenvalue weighted by molar-refractivity contribution is 7.99. The number of halogens is 3. The standard InChI is InChI=1S/C24H25F3N4O2S/c1-4-30(14-21(32)29-19-10-6-5-9-18(19)24(25,26)27)22(33)15-34-23-28-12-13-31(23)20-11-7-8-16(2)17(20)3/h5-13H,4,14-15H2,1-3H3,(H,29,32). The van der Waals surface area contributed by atoms with Gasteiger partial charge in [0.05, 0.1) is 29.2 Å². The molecule has 0 aliphatic carbocycles. The molecule has 34 heavy (non-hydrogen) atoms. The molecule has 0 atom stereocenters. The molecule has 1 heterocycles. The molecule has 0 aliphatic heterocycles. The predicted molar refractivity (Wildman–Crippen MR) is 126 cm³/mol. The molecule has 2 aromatic carbocycles. The van der Waals surface area contributed by atoms with Gasteiger partial charge in [-0.15, -0.1) is 0 Å². The van der Waals surface area contributed by atoms with E-state index in [0.29, 0.717) is 5.16 Å². The van der Waals surface area contributed by atoms with Gasteiger partial charge in [0.2, 0.25) is 11.8 Å². The van der Waals surface area contributed by atoms with E-state index in [-0.39, 0.29) is 30.4 Å². The number of aryl methyl sites for hydroxylation is 1. The van der Waals surface area contributed by atoms with Crippen LogP contribution in [0.15, 0.2) is 60.0 Å². The monoisotopic (exact) mass is 490 g/mol. The van der Waals surface area contributed by atoms with Crippen molar-refractivity contribution in [3.8, 4) is 5.69 Å². The second kappa shape index (κ2) is 10.8. The summed E-state index contributed by atoms with van der Waals surface area (Å²) < 4.78 is 41.4. The Labute approximate surface area is 200 Å². The van der Waals surface area contributed by atoms with E-state index in [2.05, 4.69) is 10.3 Å². The van der Waals surface area contributed by atoms with E-state index in [1.165, 1.54) is 34.9 Å². The van der Waals surface area contributed by atoms with Gasteiger partial charge in [0.25, 0.3) is 0 Å². The Balaban J connectivity index is 1.64. The highest BCUT2D eigenvalue weighted by atomic mass is 32.2. The number of thioether (sulfide) groups is 1. The van der Waals surface area contributed by atoms with E-state index < -0.39 is 17.6 Å². The molecule has 0 unspecified atom stereocenters. The summed E-state index contributed by atoms with van der Waals surface area (Å²) in [6, 6.07) is 10.7. The summed E-state index contributed by atoms with van der Waals surface area (Å²) in [4.78, 5) is 30.8. The molecule has 0 spiro atoms. The number of rotatable bonds is 8. The number of benzene rings is 2. The maximum atomic E-state index is 13.2. The van der Waals surface area contributed by atoms with Crippen molar-refractivity contribution in [2.75, 3.05) is 24.2 Å². The molecule has 2 amide bonds. The van der Waals surface area contributed by atoms with Gasteiger partial charge in [-0.25, -0.2) is 4.98 Å². The first kappa shape index (κ1) is 25.4. The maximum Gasteiger partial charge on any atom is 0.418 e. The fourth-order valence-corrected chi connectivity index (χ4v) is 4.24. The first-order valence-electron chi connectivity index (χ1n) is 10.6. The van der Waals surface area contributed by atoms with Crippen molar-refractivity contribution in [1.82, 2.24) is 14.5 Å². The molecule has 0 saturated carbocycles. The highest BCUT2D eigenvalue weighted by Gasteiger charge is 2.33. The van der Waals surface area contributed by atoms with Crippen LogP contribution in [0.3, 0.4) is 0 Å². The number of alkyl halides is 3. The van der Waals surface area contributed by atoms with Crippen molar-refractivity contribution >= 4 is 29.3 Å². The molecular formula is C24H25F3N4O2S. The van der Waals surface area contributed by atoms with Gasteiger partial charge in [-0.1, -0.05) is 36.0 Å². The van der Waals surface area contributed by atoms with Gasteiger partial charge in [-0.3, -0.25) is 14.2 Å². The van der Waals surface area contributed by atoms with Gasteiger partial charge in [-0.05, 0) is 50.1 Å². The molecule has 0 radical (unpaired) electrons. The van der Waals surface area contributed by atoms with Gasteiger partial charge in [-0.2, -0.15) is 13.2 Å². The number of amides is 2. The number of nitrogens with one attached hydrogen (secondary N) is 1. The molecule has 6 nitrogen and oxygen atoms in total. The molecule has 3 rings (SSSR count). The van der Waals surface area contributed by atoms with Crippen LogP contribution >= 0.6 is 11.8 Å². The molecule has 3 aromatic rings. The third kappa shape index (κ3) is 5.99. The lowest BCUT2D eigenvalue weighted by atomic mass is 10.1. The second-order valence-corrected chi connectivity index (χ2v) is 8.53. The van der Waals surface area contributed by atoms with Crippen molar-refractivity contribution < 1.29 is 22.8 Å². The molecule has 180 valence electrons. The van der Waals surface area contributed by atoms with Gasteiger partial charge in [0.15, 0.2) is 5.16 Å². The Morgan fingerprint density at radius 1 is 1.12 bits per heavy atom. The van der Waals surface area contributed by atoms with Gasteiger partial charge in [0.1, 0.15) is 0 Å². The van der Waals surface area contributed by atoms with Crippen LogP contribution in [-0.4, -0.2) is 45.1 Å². The number of nitrogens with zero attached hydrogens (tertiary/aromatic N) is 3. The largest absolute Gasteiger partial charge is 0.418 e. The minimum atomic E-state index is -4.60. The lowest BCUT2D eigenvalue weighted by molar-refractivity contribution is -0.137. The average molecular weight is 491 g/mol. The van der Waals surface area contributed by atoms with E-state index in [1.807, 2.05) is 42.8 Å². The zero-order chi connectivity index (χ0) is 24.9. The van der Waals surface area contributed by atoms with E-state index in [4.69, 9.17) is 0 Å². The minimum Gasteiger partial charge on any atom is -0.333 e. The third-order valence-electron chi connectivity index (χ3n) is 5.34. The Morgan fingerprint density at radius 3 is 2.56 bits per heavy atom. The zero-order valence-electron chi connectivity index (χ0n) is 19.0. The lowest BCUT2D eigenvalue weighted by Crippen LogP contribution is -2.39. The number of hydrogen-bond donors (Lipinski definition) is 1. The Morgan fingerprint density at radius 2 is 1.85 bits per heavy atom. The first-order chi connectivity index (χ1) is 16.1. The first-order valence-corrected chi connectivity index (χ1v) is 11.6. The fourth-order valence-electron chi connectivity index (χ4n) is 3.37. The number of hydrogen-bond acceptors (Lipinski definition) is 4. The maximum absolute atomic E-state index is 13.2. The third-order valence-corrected chi connectivity index (χ3v) is 6.29. The average Bonchev–Trinajstić information content (AvgIpc) is 3.25. The molecule has 1 aromatic heterocycles. The van der Waals surface area contributed by atoms with Crippen LogP contribution < -0.4 is 5.32 Å².